The number of nitrogens with two attached hydrogens (primary N) is 1. The molecule has 0 saturated carbocycles. The fraction of sp³-hybridized carbons (Fsp3) is 0. The number of nitrogen functional groups attached to an aromatic ring is 1. The number of para-hydroxylation sites is 1. The monoisotopic (exact) mass is 320 g/mol. The lowest BCUT2D eigenvalue weighted by Crippen LogP contribution is -1.91. The maximum Gasteiger partial charge on any atom is 0.321 e. The van der Waals surface area contributed by atoms with Gasteiger partial charge in [0.15, 0.2) is 5.13 Å². The molecule has 5 nitrogen and oxygen atoms in total. The average molecular weight is 320 g/mol. The van der Waals surface area contributed by atoms with Crippen molar-refractivity contribution in [2.45, 2.75) is 0 Å². The zero-order chi connectivity index (χ0) is 15.6. The summed E-state index contributed by atoms with van der Waals surface area (Å²) >= 11 is 1.47. The van der Waals surface area contributed by atoms with Crippen LogP contribution in [0.15, 0.2) is 60.9 Å². The van der Waals surface area contributed by atoms with Gasteiger partial charge >= 0.3 is 6.01 Å². The molecule has 0 bridgehead atoms. The number of ether oxygens (including phenoxy) is 1. The van der Waals surface area contributed by atoms with Gasteiger partial charge in [0.05, 0.1) is 10.2 Å². The van der Waals surface area contributed by atoms with Crippen LogP contribution in [0.2, 0.25) is 0 Å². The van der Waals surface area contributed by atoms with Gasteiger partial charge in [-0.1, -0.05) is 35.6 Å². The van der Waals surface area contributed by atoms with Crippen molar-refractivity contribution in [3.8, 4) is 22.9 Å². The van der Waals surface area contributed by atoms with Crippen LogP contribution in [0.4, 0.5) is 5.13 Å². The minimum atomic E-state index is 0.322. The maximum atomic E-state index is 5.74. The van der Waals surface area contributed by atoms with E-state index in [0.717, 1.165) is 21.3 Å². The first-order chi connectivity index (χ1) is 11.3. The van der Waals surface area contributed by atoms with Crippen molar-refractivity contribution in [1.29, 1.82) is 0 Å². The predicted octanol–water partition coefficient (Wildman–Crippen LogP) is 4.13. The molecule has 6 heteroatoms. The molecule has 2 heterocycles. The van der Waals surface area contributed by atoms with E-state index in [2.05, 4.69) is 15.0 Å². The summed E-state index contributed by atoms with van der Waals surface area (Å²) in [5, 5.41) is 0.569. The number of anilines is 1. The van der Waals surface area contributed by atoms with E-state index < -0.39 is 0 Å². The molecule has 23 heavy (non-hydrogen) atoms. The van der Waals surface area contributed by atoms with E-state index in [1.807, 2.05) is 48.5 Å². The first-order valence-electron chi connectivity index (χ1n) is 6.99. The van der Waals surface area contributed by atoms with E-state index in [1.165, 1.54) is 11.3 Å². The maximum absolute atomic E-state index is 5.74. The van der Waals surface area contributed by atoms with E-state index in [0.29, 0.717) is 16.9 Å². The lowest BCUT2D eigenvalue weighted by Gasteiger charge is -2.04. The Hall–Kier alpha value is -2.99. The lowest BCUT2D eigenvalue weighted by molar-refractivity contribution is 0.442. The summed E-state index contributed by atoms with van der Waals surface area (Å²) in [6, 6.07) is 15.8. The van der Waals surface area contributed by atoms with Gasteiger partial charge < -0.3 is 10.5 Å². The Morgan fingerprint density at radius 3 is 2.48 bits per heavy atom. The smallest absolute Gasteiger partial charge is 0.321 e. The number of benzene rings is 2. The molecule has 0 atom stereocenters. The van der Waals surface area contributed by atoms with Crippen molar-refractivity contribution < 1.29 is 4.74 Å². The Balaban J connectivity index is 1.61. The molecule has 0 aliphatic carbocycles. The molecule has 4 rings (SSSR count). The number of hydrogen-bond acceptors (Lipinski definition) is 6. The standard InChI is InChI=1S/C17H12N4OS/c18-16-21-14-7-6-11(8-15(14)23-16)12-9-19-17(20-10-12)22-13-4-2-1-3-5-13/h1-10H,(H2,18,21). The summed E-state index contributed by atoms with van der Waals surface area (Å²) in [7, 11) is 0. The summed E-state index contributed by atoms with van der Waals surface area (Å²) < 4.78 is 6.64. The fourth-order valence-electron chi connectivity index (χ4n) is 2.23. The lowest BCUT2D eigenvalue weighted by atomic mass is 10.1. The summed E-state index contributed by atoms with van der Waals surface area (Å²) in [6.45, 7) is 0. The number of thiazole rings is 1. The van der Waals surface area contributed by atoms with Crippen molar-refractivity contribution in [2.75, 3.05) is 5.73 Å². The molecule has 4 aromatic rings. The number of hydrogen-bond donors (Lipinski definition) is 1. The second-order valence-electron chi connectivity index (χ2n) is 4.90. The minimum Gasteiger partial charge on any atom is -0.424 e. The number of fused-ring (bicyclic) bond motifs is 1. The van der Waals surface area contributed by atoms with E-state index in [4.69, 9.17) is 10.5 Å². The summed E-state index contributed by atoms with van der Waals surface area (Å²) in [4.78, 5) is 12.8. The SMILES string of the molecule is Nc1nc2ccc(-c3cnc(Oc4ccccc4)nc3)cc2s1. The molecule has 0 fully saturated rings. The minimum absolute atomic E-state index is 0.322. The molecule has 0 radical (unpaired) electrons. The van der Waals surface area contributed by atoms with Gasteiger partial charge in [0.25, 0.3) is 0 Å². The van der Waals surface area contributed by atoms with Gasteiger partial charge in [-0.05, 0) is 29.8 Å². The first-order valence-corrected chi connectivity index (χ1v) is 7.81. The van der Waals surface area contributed by atoms with Crippen LogP contribution in [0.3, 0.4) is 0 Å². The van der Waals surface area contributed by atoms with Crippen molar-refractivity contribution in [3.05, 3.63) is 60.9 Å². The highest BCUT2D eigenvalue weighted by Crippen LogP contribution is 2.29. The molecule has 0 saturated heterocycles. The third kappa shape index (κ3) is 2.84. The molecule has 112 valence electrons. The Labute approximate surface area is 136 Å². The van der Waals surface area contributed by atoms with E-state index in [-0.39, 0.29) is 0 Å². The van der Waals surface area contributed by atoms with Crippen LogP contribution >= 0.6 is 11.3 Å². The normalized spacial score (nSPS) is 10.8. The van der Waals surface area contributed by atoms with Crippen LogP contribution in [-0.2, 0) is 0 Å². The number of nitrogens with zero attached hydrogens (tertiary/aromatic N) is 3. The molecule has 0 aliphatic rings. The topological polar surface area (TPSA) is 73.9 Å². The molecular formula is C17H12N4OS. The van der Waals surface area contributed by atoms with Crippen molar-refractivity contribution in [1.82, 2.24) is 15.0 Å². The highest BCUT2D eigenvalue weighted by atomic mass is 32.1. The third-order valence-corrected chi connectivity index (χ3v) is 4.17. The Kier molecular flexibility index (Phi) is 3.36. The zero-order valence-corrected chi connectivity index (χ0v) is 12.8. The predicted molar refractivity (Wildman–Crippen MR) is 91.6 cm³/mol. The molecule has 0 unspecified atom stereocenters. The number of rotatable bonds is 3. The molecule has 2 aromatic heterocycles. The molecule has 2 aromatic carbocycles. The second kappa shape index (κ2) is 5.66. The first kappa shape index (κ1) is 13.7. The third-order valence-electron chi connectivity index (χ3n) is 3.32. The van der Waals surface area contributed by atoms with Crippen LogP contribution in [0.25, 0.3) is 21.3 Å². The summed E-state index contributed by atoms with van der Waals surface area (Å²) in [5.41, 5.74) is 8.58. The van der Waals surface area contributed by atoms with E-state index in [1.54, 1.807) is 12.4 Å². The second-order valence-corrected chi connectivity index (χ2v) is 5.97. The van der Waals surface area contributed by atoms with Crippen LogP contribution in [0, 0.1) is 0 Å². The fourth-order valence-corrected chi connectivity index (χ4v) is 3.01. The van der Waals surface area contributed by atoms with Gasteiger partial charge in [0.2, 0.25) is 0 Å². The average Bonchev–Trinajstić information content (AvgIpc) is 2.95. The van der Waals surface area contributed by atoms with Crippen molar-refractivity contribution in [3.63, 3.8) is 0 Å². The van der Waals surface area contributed by atoms with Gasteiger partial charge in [0.1, 0.15) is 5.75 Å². The Bertz CT molecular complexity index is 951. The van der Waals surface area contributed by atoms with Gasteiger partial charge in [-0.2, -0.15) is 0 Å². The summed E-state index contributed by atoms with van der Waals surface area (Å²) in [6.07, 6.45) is 3.49. The molecule has 0 spiro atoms. The molecular weight excluding hydrogens is 308 g/mol. The van der Waals surface area contributed by atoms with Gasteiger partial charge in [0, 0.05) is 18.0 Å². The summed E-state index contributed by atoms with van der Waals surface area (Å²) in [5.74, 6) is 0.710. The van der Waals surface area contributed by atoms with Crippen LogP contribution in [0.5, 0.6) is 11.8 Å². The van der Waals surface area contributed by atoms with Gasteiger partial charge in [-0.15, -0.1) is 0 Å². The molecule has 0 aliphatic heterocycles. The Morgan fingerprint density at radius 1 is 0.913 bits per heavy atom. The van der Waals surface area contributed by atoms with Crippen LogP contribution in [0.1, 0.15) is 0 Å². The quantitative estimate of drug-likeness (QED) is 0.614. The van der Waals surface area contributed by atoms with E-state index >= 15 is 0 Å². The van der Waals surface area contributed by atoms with Crippen molar-refractivity contribution >= 4 is 26.7 Å². The van der Waals surface area contributed by atoms with E-state index in [9.17, 15) is 0 Å². The highest BCUT2D eigenvalue weighted by Gasteiger charge is 2.06. The highest BCUT2D eigenvalue weighted by molar-refractivity contribution is 7.22. The molecule has 2 N–H and O–H groups in total. The zero-order valence-electron chi connectivity index (χ0n) is 12.0. The molecule has 0 amide bonds. The largest absolute Gasteiger partial charge is 0.424 e. The van der Waals surface area contributed by atoms with Gasteiger partial charge in [-0.3, -0.25) is 0 Å². The van der Waals surface area contributed by atoms with Gasteiger partial charge in [-0.25, -0.2) is 15.0 Å². The Morgan fingerprint density at radius 2 is 1.70 bits per heavy atom. The number of aromatic nitrogens is 3. The van der Waals surface area contributed by atoms with Crippen molar-refractivity contribution in [2.24, 2.45) is 0 Å². The van der Waals surface area contributed by atoms with Crippen LogP contribution < -0.4 is 10.5 Å². The van der Waals surface area contributed by atoms with Crippen LogP contribution in [-0.4, -0.2) is 15.0 Å².